The Bertz CT molecular complexity index is 683. The molecule has 0 N–H and O–H groups in total. The van der Waals surface area contributed by atoms with Gasteiger partial charge in [-0.15, -0.1) is 0 Å². The first-order chi connectivity index (χ1) is 12.2. The zero-order valence-electron chi connectivity index (χ0n) is 15.1. The topological polar surface area (TPSA) is 59.2 Å². The van der Waals surface area contributed by atoms with Gasteiger partial charge in [0.15, 0.2) is 0 Å². The van der Waals surface area contributed by atoms with Crippen molar-refractivity contribution in [3.8, 4) is 11.4 Å². The highest BCUT2D eigenvalue weighted by molar-refractivity contribution is 5.79. The molecule has 2 unspecified atom stereocenters. The predicted octanol–water partition coefficient (Wildman–Crippen LogP) is 4.62. The van der Waals surface area contributed by atoms with Gasteiger partial charge in [0.25, 0.3) is 0 Å². The molecule has 5 heteroatoms. The van der Waals surface area contributed by atoms with Crippen molar-refractivity contribution in [1.29, 1.82) is 0 Å². The molecule has 1 fully saturated rings. The van der Waals surface area contributed by atoms with Crippen LogP contribution >= 0.6 is 0 Å². The second-order valence-corrected chi connectivity index (χ2v) is 6.76. The number of hydrogen-bond acceptors (Lipinski definition) is 4. The smallest absolute Gasteiger partial charge is 0.249 e. The Hall–Kier alpha value is -2.17. The lowest BCUT2D eigenvalue weighted by Crippen LogP contribution is -2.35. The van der Waals surface area contributed by atoms with E-state index in [9.17, 15) is 4.79 Å². The predicted molar refractivity (Wildman–Crippen MR) is 96.7 cm³/mol. The van der Waals surface area contributed by atoms with E-state index in [1.807, 2.05) is 35.2 Å². The van der Waals surface area contributed by atoms with Gasteiger partial charge in [-0.25, -0.2) is 0 Å². The number of likely N-dealkylation sites (tertiary alicyclic amines) is 1. The van der Waals surface area contributed by atoms with Gasteiger partial charge in [0.1, 0.15) is 6.04 Å². The number of rotatable bonds is 7. The molecule has 1 aromatic carbocycles. The van der Waals surface area contributed by atoms with Gasteiger partial charge in [0.2, 0.25) is 17.6 Å². The van der Waals surface area contributed by atoms with Crippen molar-refractivity contribution in [3.05, 3.63) is 36.2 Å². The summed E-state index contributed by atoms with van der Waals surface area (Å²) in [6, 6.07) is 9.72. The van der Waals surface area contributed by atoms with Crippen molar-refractivity contribution in [2.24, 2.45) is 5.92 Å². The molecule has 1 aromatic heterocycles. The van der Waals surface area contributed by atoms with Crippen LogP contribution in [0.5, 0.6) is 0 Å². The summed E-state index contributed by atoms with van der Waals surface area (Å²) in [4.78, 5) is 19.5. The largest absolute Gasteiger partial charge is 0.337 e. The molecule has 3 rings (SSSR count). The minimum Gasteiger partial charge on any atom is -0.337 e. The monoisotopic (exact) mass is 341 g/mol. The first kappa shape index (κ1) is 17.6. The van der Waals surface area contributed by atoms with Gasteiger partial charge >= 0.3 is 0 Å². The third kappa shape index (κ3) is 3.91. The number of amides is 1. The normalized spacial score (nSPS) is 18.5. The molecule has 2 heterocycles. The van der Waals surface area contributed by atoms with Crippen LogP contribution in [-0.2, 0) is 4.79 Å². The SMILES string of the molecule is CCCCC(CC)C(=O)N1CCCC1c1nc(-c2ccccc2)no1. The van der Waals surface area contributed by atoms with Crippen molar-refractivity contribution in [2.45, 2.75) is 58.4 Å². The summed E-state index contributed by atoms with van der Waals surface area (Å²) in [5.41, 5.74) is 0.933. The third-order valence-electron chi connectivity index (χ3n) is 5.04. The number of unbranched alkanes of at least 4 members (excludes halogenated alkanes) is 1. The molecule has 2 atom stereocenters. The van der Waals surface area contributed by atoms with Gasteiger partial charge in [-0.05, 0) is 25.7 Å². The number of hydrogen-bond donors (Lipinski definition) is 0. The summed E-state index contributed by atoms with van der Waals surface area (Å²) in [6.45, 7) is 5.05. The van der Waals surface area contributed by atoms with Crippen LogP contribution in [-0.4, -0.2) is 27.5 Å². The van der Waals surface area contributed by atoms with E-state index in [-0.39, 0.29) is 17.9 Å². The number of carbonyl (C=O) groups is 1. The van der Waals surface area contributed by atoms with Crippen LogP contribution in [0.15, 0.2) is 34.9 Å². The van der Waals surface area contributed by atoms with Crippen molar-refractivity contribution in [3.63, 3.8) is 0 Å². The number of nitrogens with zero attached hydrogens (tertiary/aromatic N) is 3. The third-order valence-corrected chi connectivity index (χ3v) is 5.04. The van der Waals surface area contributed by atoms with E-state index in [2.05, 4.69) is 24.0 Å². The Morgan fingerprint density at radius 1 is 1.32 bits per heavy atom. The fourth-order valence-electron chi connectivity index (χ4n) is 3.55. The van der Waals surface area contributed by atoms with Crippen molar-refractivity contribution >= 4 is 5.91 Å². The first-order valence-electron chi connectivity index (χ1n) is 9.44. The molecule has 0 saturated carbocycles. The average molecular weight is 341 g/mol. The quantitative estimate of drug-likeness (QED) is 0.737. The highest BCUT2D eigenvalue weighted by Gasteiger charge is 2.36. The van der Waals surface area contributed by atoms with Crippen LogP contribution < -0.4 is 0 Å². The summed E-state index contributed by atoms with van der Waals surface area (Å²) >= 11 is 0. The Kier molecular flexibility index (Phi) is 5.84. The Morgan fingerprint density at radius 3 is 2.84 bits per heavy atom. The molecule has 5 nitrogen and oxygen atoms in total. The van der Waals surface area contributed by atoms with Crippen LogP contribution in [0.3, 0.4) is 0 Å². The fraction of sp³-hybridized carbons (Fsp3) is 0.550. The van der Waals surface area contributed by atoms with Crippen molar-refractivity contribution in [1.82, 2.24) is 15.0 Å². The zero-order chi connectivity index (χ0) is 17.6. The molecule has 0 spiro atoms. The van der Waals surface area contributed by atoms with Crippen LogP contribution in [0.2, 0.25) is 0 Å². The van der Waals surface area contributed by atoms with Gasteiger partial charge in [-0.1, -0.05) is 62.2 Å². The Balaban J connectivity index is 1.75. The molecule has 25 heavy (non-hydrogen) atoms. The standard InChI is InChI=1S/C20H27N3O2/c1-3-5-10-15(4-2)20(24)23-14-9-13-17(23)19-21-18(22-25-19)16-11-7-6-8-12-16/h6-8,11-12,15,17H,3-5,9-10,13-14H2,1-2H3. The number of carbonyl (C=O) groups excluding carboxylic acids is 1. The van der Waals surface area contributed by atoms with E-state index < -0.39 is 0 Å². The van der Waals surface area contributed by atoms with Gasteiger partial charge in [0.05, 0.1) is 0 Å². The van der Waals surface area contributed by atoms with Crippen molar-refractivity contribution in [2.75, 3.05) is 6.54 Å². The molecule has 2 aromatic rings. The maximum atomic E-state index is 13.0. The van der Waals surface area contributed by atoms with E-state index in [1.165, 1.54) is 0 Å². The lowest BCUT2D eigenvalue weighted by atomic mass is 9.97. The van der Waals surface area contributed by atoms with E-state index in [0.29, 0.717) is 11.7 Å². The average Bonchev–Trinajstić information content (AvgIpc) is 3.32. The first-order valence-corrected chi connectivity index (χ1v) is 9.44. The Morgan fingerprint density at radius 2 is 2.12 bits per heavy atom. The summed E-state index contributed by atoms with van der Waals surface area (Å²) in [5, 5.41) is 4.12. The maximum Gasteiger partial charge on any atom is 0.249 e. The second-order valence-electron chi connectivity index (χ2n) is 6.76. The minimum atomic E-state index is -0.0758. The fourth-order valence-corrected chi connectivity index (χ4v) is 3.55. The molecule has 1 saturated heterocycles. The summed E-state index contributed by atoms with van der Waals surface area (Å²) in [5.74, 6) is 1.51. The lowest BCUT2D eigenvalue weighted by molar-refractivity contribution is -0.137. The van der Waals surface area contributed by atoms with Crippen LogP contribution in [0.1, 0.15) is 64.3 Å². The van der Waals surface area contributed by atoms with Crippen LogP contribution in [0.25, 0.3) is 11.4 Å². The zero-order valence-corrected chi connectivity index (χ0v) is 15.1. The van der Waals surface area contributed by atoms with Crippen LogP contribution in [0, 0.1) is 5.92 Å². The lowest BCUT2D eigenvalue weighted by Gasteiger charge is -2.26. The van der Waals surface area contributed by atoms with Gasteiger partial charge in [-0.3, -0.25) is 4.79 Å². The number of benzene rings is 1. The van der Waals surface area contributed by atoms with Gasteiger partial charge < -0.3 is 9.42 Å². The second kappa shape index (κ2) is 8.28. The van der Waals surface area contributed by atoms with E-state index >= 15 is 0 Å². The van der Waals surface area contributed by atoms with Crippen molar-refractivity contribution < 1.29 is 9.32 Å². The molecule has 0 bridgehead atoms. The minimum absolute atomic E-state index is 0.0758. The molecule has 0 radical (unpaired) electrons. The molecule has 0 aliphatic carbocycles. The molecule has 1 aliphatic rings. The van der Waals surface area contributed by atoms with E-state index in [4.69, 9.17) is 4.52 Å². The highest BCUT2D eigenvalue weighted by Crippen LogP contribution is 2.34. The summed E-state index contributed by atoms with van der Waals surface area (Å²) in [7, 11) is 0. The van der Waals surface area contributed by atoms with E-state index in [0.717, 1.165) is 50.6 Å². The van der Waals surface area contributed by atoms with Gasteiger partial charge in [-0.2, -0.15) is 4.98 Å². The number of aromatic nitrogens is 2. The van der Waals surface area contributed by atoms with Gasteiger partial charge in [0, 0.05) is 18.0 Å². The molecule has 1 amide bonds. The summed E-state index contributed by atoms with van der Waals surface area (Å²) < 4.78 is 5.52. The molecule has 134 valence electrons. The van der Waals surface area contributed by atoms with E-state index in [1.54, 1.807) is 0 Å². The molecular formula is C20H27N3O2. The highest BCUT2D eigenvalue weighted by atomic mass is 16.5. The molecular weight excluding hydrogens is 314 g/mol. The maximum absolute atomic E-state index is 13.0. The summed E-state index contributed by atoms with van der Waals surface area (Å²) in [6.07, 6.45) is 5.96. The molecule has 1 aliphatic heterocycles. The Labute approximate surface area is 149 Å². The van der Waals surface area contributed by atoms with Crippen LogP contribution in [0.4, 0.5) is 0 Å².